The molecule has 352 valence electrons. The van der Waals surface area contributed by atoms with Crippen molar-refractivity contribution in [1.29, 1.82) is 0 Å². The third kappa shape index (κ3) is 7.61. The molecule has 2 nitrogen and oxygen atoms in total. The average molecular weight is 915 g/mol. The van der Waals surface area contributed by atoms with Gasteiger partial charge >= 0.3 is 0 Å². The summed E-state index contributed by atoms with van der Waals surface area (Å²) < 4.78 is 0. The number of nitrogens with one attached hydrogen (secondary N) is 1. The summed E-state index contributed by atoms with van der Waals surface area (Å²) in [5.74, 6) is 0. The van der Waals surface area contributed by atoms with E-state index in [2.05, 4.69) is 257 Å². The molecule has 0 amide bonds. The Morgan fingerprint density at radius 1 is 0.443 bits per heavy atom. The van der Waals surface area contributed by atoms with Crippen LogP contribution in [0.25, 0.3) is 44.5 Å². The molecule has 0 unspecified atom stereocenters. The maximum Gasteiger partial charge on any atom is 0.0544 e. The number of rotatable bonds is 6. The van der Waals surface area contributed by atoms with Gasteiger partial charge in [-0.05, 0) is 161 Å². The Labute approximate surface area is 418 Å². The van der Waals surface area contributed by atoms with Crippen LogP contribution in [0.15, 0.2) is 164 Å². The Bertz CT molecular complexity index is 3330. The highest BCUT2D eigenvalue weighted by Crippen LogP contribution is 2.60. The summed E-state index contributed by atoms with van der Waals surface area (Å²) in [5, 5.41) is 4.09. The average Bonchev–Trinajstić information content (AvgIpc) is 3.57. The van der Waals surface area contributed by atoms with Crippen molar-refractivity contribution in [1.82, 2.24) is 0 Å². The lowest BCUT2D eigenvalue weighted by molar-refractivity contribution is 0.332. The van der Waals surface area contributed by atoms with Gasteiger partial charge in [-0.15, -0.1) is 0 Å². The number of hydrogen-bond donors (Lipinski definition) is 1. The van der Waals surface area contributed by atoms with Crippen molar-refractivity contribution < 1.29 is 0 Å². The molecule has 2 aliphatic carbocycles. The summed E-state index contributed by atoms with van der Waals surface area (Å²) in [6.07, 6.45) is 3.10. The summed E-state index contributed by atoms with van der Waals surface area (Å²) in [5.41, 5.74) is 27.0. The molecule has 0 spiro atoms. The van der Waals surface area contributed by atoms with E-state index in [1.807, 2.05) is 0 Å². The number of benzene rings is 8. The van der Waals surface area contributed by atoms with Crippen LogP contribution in [-0.2, 0) is 33.5 Å². The largest absolute Gasteiger partial charge is 0.355 e. The zero-order valence-electron chi connectivity index (χ0n) is 43.7. The van der Waals surface area contributed by atoms with Crippen molar-refractivity contribution >= 4 is 28.4 Å². The van der Waals surface area contributed by atoms with Crippen LogP contribution >= 0.6 is 0 Å². The minimum Gasteiger partial charge on any atom is -0.355 e. The first kappa shape index (κ1) is 45.8. The van der Waals surface area contributed by atoms with E-state index in [1.54, 1.807) is 0 Å². The molecule has 11 rings (SSSR count). The zero-order valence-corrected chi connectivity index (χ0v) is 43.7. The molecule has 70 heavy (non-hydrogen) atoms. The molecular formula is C68H70N2. The lowest BCUT2D eigenvalue weighted by Gasteiger charge is -2.43. The molecule has 8 aromatic rings. The Kier molecular flexibility index (Phi) is 10.6. The Hall–Kier alpha value is -6.64. The highest BCUT2D eigenvalue weighted by Gasteiger charge is 2.43. The van der Waals surface area contributed by atoms with Gasteiger partial charge in [0.25, 0.3) is 0 Å². The zero-order chi connectivity index (χ0) is 49.1. The second-order valence-electron chi connectivity index (χ2n) is 24.6. The maximum atomic E-state index is 4.09. The molecule has 2 heteroatoms. The van der Waals surface area contributed by atoms with Gasteiger partial charge in [0, 0.05) is 34.3 Å². The van der Waals surface area contributed by atoms with Crippen LogP contribution < -0.4 is 10.2 Å². The minimum absolute atomic E-state index is 0.0166. The smallest absolute Gasteiger partial charge is 0.0544 e. The van der Waals surface area contributed by atoms with E-state index in [0.29, 0.717) is 0 Å². The highest BCUT2D eigenvalue weighted by molar-refractivity contribution is 6.01. The van der Waals surface area contributed by atoms with Gasteiger partial charge in [-0.2, -0.15) is 0 Å². The summed E-state index contributed by atoms with van der Waals surface area (Å²) in [6.45, 7) is 28.6. The second kappa shape index (κ2) is 16.2. The van der Waals surface area contributed by atoms with Gasteiger partial charge in [-0.25, -0.2) is 0 Å². The Balaban J connectivity index is 1.25. The second-order valence-corrected chi connectivity index (χ2v) is 24.6. The highest BCUT2D eigenvalue weighted by atomic mass is 15.2. The van der Waals surface area contributed by atoms with E-state index in [9.17, 15) is 0 Å². The molecule has 0 aromatic heterocycles. The van der Waals surface area contributed by atoms with Crippen molar-refractivity contribution in [2.75, 3.05) is 10.2 Å². The van der Waals surface area contributed by atoms with Gasteiger partial charge in [-0.3, -0.25) is 0 Å². The summed E-state index contributed by atoms with van der Waals surface area (Å²) in [4.78, 5) is 2.70. The van der Waals surface area contributed by atoms with Gasteiger partial charge in [0.1, 0.15) is 0 Å². The number of anilines is 5. The predicted molar refractivity (Wildman–Crippen MR) is 300 cm³/mol. The molecule has 0 fully saturated rings. The normalized spacial score (nSPS) is 16.1. The topological polar surface area (TPSA) is 15.3 Å². The molecular weight excluding hydrogens is 845 g/mol. The van der Waals surface area contributed by atoms with Crippen LogP contribution in [0.1, 0.15) is 140 Å². The van der Waals surface area contributed by atoms with Crippen LogP contribution in [0, 0.1) is 0 Å². The minimum atomic E-state index is -0.234. The molecule has 3 aliphatic rings. The Morgan fingerprint density at radius 2 is 1.04 bits per heavy atom. The quantitative estimate of drug-likeness (QED) is 0.179. The van der Waals surface area contributed by atoms with Gasteiger partial charge < -0.3 is 10.2 Å². The van der Waals surface area contributed by atoms with E-state index >= 15 is 0 Å². The van der Waals surface area contributed by atoms with E-state index < -0.39 is 0 Å². The van der Waals surface area contributed by atoms with Crippen molar-refractivity contribution in [3.8, 4) is 44.5 Å². The number of fused-ring (bicyclic) bond motifs is 7. The summed E-state index contributed by atoms with van der Waals surface area (Å²) in [7, 11) is 0. The summed E-state index contributed by atoms with van der Waals surface area (Å²) >= 11 is 0. The van der Waals surface area contributed by atoms with Crippen molar-refractivity contribution in [2.45, 2.75) is 129 Å². The third-order valence-corrected chi connectivity index (χ3v) is 16.4. The lowest BCUT2D eigenvalue weighted by atomic mass is 9.62. The molecule has 0 bridgehead atoms. The van der Waals surface area contributed by atoms with E-state index in [1.165, 1.54) is 106 Å². The van der Waals surface area contributed by atoms with Gasteiger partial charge in [0.15, 0.2) is 0 Å². The monoisotopic (exact) mass is 915 g/mol. The molecule has 0 radical (unpaired) electrons. The molecule has 0 saturated heterocycles. The first-order valence-electron chi connectivity index (χ1n) is 25.8. The van der Waals surface area contributed by atoms with Gasteiger partial charge in [0.05, 0.1) is 17.1 Å². The van der Waals surface area contributed by atoms with Crippen molar-refractivity contribution in [3.05, 3.63) is 208 Å². The SMILES string of the molecule is CC(C)(C)c1ccc(Nc2cc3c(cc2-c2cc(-c4ccccc4)cc4c2Cc2ccc5c(c2N4c2ccc(C(C)(C)C)cc2-c2ccccc2)C(C)(C)c2ccccc2-5)C(C)(C)CCC3(C)C)cc1. The standard InChI is InChI=1S/C68H70N2/c1-64(2,3)47-28-31-49(32-29-47)69-59-42-58-57(66(7,8)35-36-67(58,9)10)41-54(59)53-38-46(43-21-15-13-16-22-43)39-61-55(53)37-45-27-33-51-50-25-19-20-26-56(50)68(11,12)62(51)63(45)70(61)60-34-30-48(65(4,5)6)40-52(60)44-23-17-14-18-24-44/h13-34,38-42,69H,35-37H2,1-12H3. The van der Waals surface area contributed by atoms with Crippen LogP contribution in [0.3, 0.4) is 0 Å². The van der Waals surface area contributed by atoms with E-state index in [4.69, 9.17) is 0 Å². The first-order valence-corrected chi connectivity index (χ1v) is 25.8. The fourth-order valence-electron chi connectivity index (χ4n) is 12.1. The third-order valence-electron chi connectivity index (χ3n) is 16.4. The predicted octanol–water partition coefficient (Wildman–Crippen LogP) is 19.1. The van der Waals surface area contributed by atoms with Crippen LogP contribution in [0.2, 0.25) is 0 Å². The first-order chi connectivity index (χ1) is 33.2. The fourth-order valence-corrected chi connectivity index (χ4v) is 12.1. The fraction of sp³-hybridized carbons (Fsp3) is 0.294. The number of nitrogens with zero attached hydrogens (tertiary/aromatic N) is 1. The summed E-state index contributed by atoms with van der Waals surface area (Å²) in [6, 6.07) is 62.8. The lowest BCUT2D eigenvalue weighted by Crippen LogP contribution is -2.34. The molecule has 0 saturated carbocycles. The molecule has 1 heterocycles. The maximum absolute atomic E-state index is 4.09. The van der Waals surface area contributed by atoms with Crippen molar-refractivity contribution in [2.24, 2.45) is 0 Å². The molecule has 8 aromatic carbocycles. The molecule has 1 aliphatic heterocycles. The van der Waals surface area contributed by atoms with Crippen LogP contribution in [0.4, 0.5) is 28.4 Å². The van der Waals surface area contributed by atoms with Crippen molar-refractivity contribution in [3.63, 3.8) is 0 Å². The number of hydrogen-bond acceptors (Lipinski definition) is 2. The van der Waals surface area contributed by atoms with E-state index in [0.717, 1.165) is 30.6 Å². The van der Waals surface area contributed by atoms with Crippen LogP contribution in [-0.4, -0.2) is 0 Å². The van der Waals surface area contributed by atoms with E-state index in [-0.39, 0.29) is 27.1 Å². The Morgan fingerprint density at radius 3 is 1.70 bits per heavy atom. The molecule has 1 N–H and O–H groups in total. The van der Waals surface area contributed by atoms with Gasteiger partial charge in [0.2, 0.25) is 0 Å². The van der Waals surface area contributed by atoms with Gasteiger partial charge in [-0.1, -0.05) is 198 Å². The van der Waals surface area contributed by atoms with Crippen LogP contribution in [0.5, 0.6) is 0 Å². The molecule has 0 atom stereocenters.